The van der Waals surface area contributed by atoms with Gasteiger partial charge in [0.05, 0.1) is 12.0 Å². The molecule has 2 heterocycles. The fourth-order valence-corrected chi connectivity index (χ4v) is 3.59. The van der Waals surface area contributed by atoms with Crippen LogP contribution in [0.25, 0.3) is 0 Å². The Hall–Kier alpha value is -2.87. The quantitative estimate of drug-likeness (QED) is 0.814. The van der Waals surface area contributed by atoms with E-state index in [9.17, 15) is 9.59 Å². The molecule has 1 unspecified atom stereocenters. The first kappa shape index (κ1) is 18.9. The van der Waals surface area contributed by atoms with Gasteiger partial charge in [-0.05, 0) is 49.8 Å². The molecule has 1 amide bonds. The molecule has 0 bridgehead atoms. The average molecular weight is 364 g/mol. The number of piperidine rings is 1. The van der Waals surface area contributed by atoms with E-state index in [0.29, 0.717) is 30.8 Å². The molecule has 0 aliphatic carbocycles. The van der Waals surface area contributed by atoms with Crippen LogP contribution in [-0.2, 0) is 12.8 Å². The first-order valence-electron chi connectivity index (χ1n) is 9.45. The second-order valence-corrected chi connectivity index (χ2v) is 7.12. The van der Waals surface area contributed by atoms with Crippen molar-refractivity contribution in [3.8, 4) is 6.07 Å². The first-order valence-corrected chi connectivity index (χ1v) is 9.45. The predicted molar refractivity (Wildman–Crippen MR) is 102 cm³/mol. The van der Waals surface area contributed by atoms with E-state index in [-0.39, 0.29) is 17.4 Å². The average Bonchev–Trinajstić information content (AvgIpc) is 2.68. The van der Waals surface area contributed by atoms with Crippen LogP contribution in [0.15, 0.2) is 45.6 Å². The highest BCUT2D eigenvalue weighted by Gasteiger charge is 2.27. The van der Waals surface area contributed by atoms with Gasteiger partial charge < -0.3 is 9.32 Å². The zero-order chi connectivity index (χ0) is 19.2. The van der Waals surface area contributed by atoms with Crippen LogP contribution in [0.2, 0.25) is 0 Å². The topological polar surface area (TPSA) is 74.3 Å². The number of aryl methyl sites for hydroxylation is 3. The van der Waals surface area contributed by atoms with Crippen molar-refractivity contribution in [2.24, 2.45) is 5.92 Å². The summed E-state index contributed by atoms with van der Waals surface area (Å²) in [7, 11) is 0. The van der Waals surface area contributed by atoms with Gasteiger partial charge in [0.2, 0.25) is 0 Å². The van der Waals surface area contributed by atoms with Gasteiger partial charge in [0.1, 0.15) is 11.3 Å². The molecule has 3 rings (SSSR count). The Morgan fingerprint density at radius 1 is 1.30 bits per heavy atom. The maximum Gasteiger partial charge on any atom is 0.349 e. The lowest BCUT2D eigenvalue weighted by molar-refractivity contribution is 0.0693. The van der Waals surface area contributed by atoms with Gasteiger partial charge in [-0.2, -0.15) is 5.26 Å². The Bertz CT molecular complexity index is 896. The third-order valence-corrected chi connectivity index (χ3v) is 5.04. The molecule has 2 aromatic rings. The molecule has 1 aliphatic heterocycles. The van der Waals surface area contributed by atoms with E-state index in [4.69, 9.17) is 9.68 Å². The van der Waals surface area contributed by atoms with Crippen LogP contribution in [0.4, 0.5) is 0 Å². The molecule has 1 fully saturated rings. The summed E-state index contributed by atoms with van der Waals surface area (Å²) in [5, 5.41) is 9.10. The van der Waals surface area contributed by atoms with Gasteiger partial charge in [0, 0.05) is 19.5 Å². The summed E-state index contributed by atoms with van der Waals surface area (Å²) in [6.45, 7) is 2.73. The Kier molecular flexibility index (Phi) is 6.08. The summed E-state index contributed by atoms with van der Waals surface area (Å²) in [5.41, 5.74) is 1.42. The predicted octanol–water partition coefficient (Wildman–Crippen LogP) is 3.50. The third kappa shape index (κ3) is 4.65. The maximum atomic E-state index is 12.8. The minimum Gasteiger partial charge on any atom is -0.427 e. The molecular formula is C22H24N2O3. The van der Waals surface area contributed by atoms with Crippen molar-refractivity contribution in [1.82, 2.24) is 4.90 Å². The SMILES string of the molecule is Cc1cc(CCCc2ccccc2)oc(=O)c1C(=O)N1CCCC(C#N)C1. The maximum absolute atomic E-state index is 12.8. The lowest BCUT2D eigenvalue weighted by Gasteiger charge is -2.29. The van der Waals surface area contributed by atoms with E-state index >= 15 is 0 Å². The van der Waals surface area contributed by atoms with Crippen molar-refractivity contribution >= 4 is 5.91 Å². The molecule has 0 N–H and O–H groups in total. The van der Waals surface area contributed by atoms with Crippen LogP contribution in [-0.4, -0.2) is 23.9 Å². The van der Waals surface area contributed by atoms with Gasteiger partial charge in [-0.1, -0.05) is 30.3 Å². The smallest absolute Gasteiger partial charge is 0.349 e. The third-order valence-electron chi connectivity index (χ3n) is 5.04. The fraction of sp³-hybridized carbons (Fsp3) is 0.409. The highest BCUT2D eigenvalue weighted by molar-refractivity contribution is 5.95. The lowest BCUT2D eigenvalue weighted by atomic mass is 9.98. The second-order valence-electron chi connectivity index (χ2n) is 7.12. The molecule has 5 nitrogen and oxygen atoms in total. The number of amides is 1. The Morgan fingerprint density at radius 2 is 2.07 bits per heavy atom. The number of nitriles is 1. The minimum absolute atomic E-state index is 0.0976. The second kappa shape index (κ2) is 8.68. The monoisotopic (exact) mass is 364 g/mol. The molecule has 0 saturated carbocycles. The van der Waals surface area contributed by atoms with Gasteiger partial charge in [-0.25, -0.2) is 4.79 Å². The first-order chi connectivity index (χ1) is 13.1. The highest BCUT2D eigenvalue weighted by atomic mass is 16.4. The van der Waals surface area contributed by atoms with Crippen molar-refractivity contribution in [2.45, 2.75) is 39.0 Å². The molecule has 1 aliphatic rings. The lowest BCUT2D eigenvalue weighted by Crippen LogP contribution is -2.41. The van der Waals surface area contributed by atoms with Gasteiger partial charge in [-0.15, -0.1) is 0 Å². The summed E-state index contributed by atoms with van der Waals surface area (Å²) in [6.07, 6.45) is 4.02. The van der Waals surface area contributed by atoms with Crippen molar-refractivity contribution < 1.29 is 9.21 Å². The van der Waals surface area contributed by atoms with E-state index in [1.165, 1.54) is 5.56 Å². The Labute approximate surface area is 159 Å². The number of rotatable bonds is 5. The molecule has 140 valence electrons. The van der Waals surface area contributed by atoms with Crippen molar-refractivity contribution in [2.75, 3.05) is 13.1 Å². The zero-order valence-corrected chi connectivity index (χ0v) is 15.6. The fourth-order valence-electron chi connectivity index (χ4n) is 3.59. The van der Waals surface area contributed by atoms with Gasteiger partial charge >= 0.3 is 5.63 Å². The number of carbonyl (C=O) groups excluding carboxylic acids is 1. The highest BCUT2D eigenvalue weighted by Crippen LogP contribution is 2.19. The van der Waals surface area contributed by atoms with E-state index < -0.39 is 5.63 Å². The molecule has 0 radical (unpaired) electrons. The Balaban J connectivity index is 1.68. The molecule has 0 spiro atoms. The standard InChI is InChI=1S/C22H24N2O3/c1-16-13-19(11-5-9-17-7-3-2-4-8-17)27-22(26)20(16)21(25)24-12-6-10-18(14-23)15-24/h2-4,7-8,13,18H,5-6,9-12,15H2,1H3. The van der Waals surface area contributed by atoms with Gasteiger partial charge in [-0.3, -0.25) is 4.79 Å². The molecule has 1 atom stereocenters. The number of hydrogen-bond acceptors (Lipinski definition) is 4. The van der Waals surface area contributed by atoms with Crippen molar-refractivity contribution in [3.05, 3.63) is 69.3 Å². The molecule has 1 saturated heterocycles. The molecule has 1 aromatic carbocycles. The zero-order valence-electron chi connectivity index (χ0n) is 15.6. The summed E-state index contributed by atoms with van der Waals surface area (Å²) >= 11 is 0. The van der Waals surface area contributed by atoms with Crippen molar-refractivity contribution in [3.63, 3.8) is 0 Å². The van der Waals surface area contributed by atoms with Crippen LogP contribution in [0.5, 0.6) is 0 Å². The van der Waals surface area contributed by atoms with Crippen LogP contribution >= 0.6 is 0 Å². The summed E-state index contributed by atoms with van der Waals surface area (Å²) in [5.74, 6) is 0.128. The van der Waals surface area contributed by atoms with E-state index in [0.717, 1.165) is 25.7 Å². The van der Waals surface area contributed by atoms with Crippen molar-refractivity contribution in [1.29, 1.82) is 5.26 Å². The normalized spacial score (nSPS) is 16.7. The largest absolute Gasteiger partial charge is 0.427 e. The number of carbonyl (C=O) groups is 1. The van der Waals surface area contributed by atoms with E-state index in [2.05, 4.69) is 18.2 Å². The molecule has 27 heavy (non-hydrogen) atoms. The number of benzene rings is 1. The van der Waals surface area contributed by atoms with Crippen LogP contribution in [0, 0.1) is 24.2 Å². The number of hydrogen-bond donors (Lipinski definition) is 0. The van der Waals surface area contributed by atoms with Crippen LogP contribution < -0.4 is 5.63 Å². The van der Waals surface area contributed by atoms with Crippen LogP contribution in [0.3, 0.4) is 0 Å². The minimum atomic E-state index is -0.575. The molecular weight excluding hydrogens is 340 g/mol. The van der Waals surface area contributed by atoms with E-state index in [1.54, 1.807) is 17.9 Å². The summed E-state index contributed by atoms with van der Waals surface area (Å²) in [6, 6.07) is 14.2. The van der Waals surface area contributed by atoms with Crippen LogP contribution in [0.1, 0.15) is 46.5 Å². The molecule has 1 aromatic heterocycles. The molecule has 5 heteroatoms. The number of likely N-dealkylation sites (tertiary alicyclic amines) is 1. The summed E-state index contributed by atoms with van der Waals surface area (Å²) in [4.78, 5) is 26.8. The van der Waals surface area contributed by atoms with Gasteiger partial charge in [0.25, 0.3) is 5.91 Å². The van der Waals surface area contributed by atoms with Gasteiger partial charge in [0.15, 0.2) is 0 Å². The summed E-state index contributed by atoms with van der Waals surface area (Å²) < 4.78 is 5.42. The Morgan fingerprint density at radius 3 is 2.78 bits per heavy atom. The number of nitrogens with zero attached hydrogens (tertiary/aromatic N) is 2. The van der Waals surface area contributed by atoms with E-state index in [1.807, 2.05) is 18.2 Å².